The van der Waals surface area contributed by atoms with Crippen LogP contribution in [0.1, 0.15) is 57.8 Å². The lowest BCUT2D eigenvalue weighted by atomic mass is 9.68. The lowest BCUT2D eigenvalue weighted by molar-refractivity contribution is 0.0420. The van der Waals surface area contributed by atoms with Crippen molar-refractivity contribution in [2.45, 2.75) is 63.3 Å². The van der Waals surface area contributed by atoms with Crippen LogP contribution in [0, 0.1) is 11.3 Å². The number of rotatable bonds is 4. The van der Waals surface area contributed by atoms with Crippen LogP contribution in [0.2, 0.25) is 0 Å². The molecule has 1 aliphatic heterocycles. The second-order valence-electron chi connectivity index (χ2n) is 7.50. The van der Waals surface area contributed by atoms with Gasteiger partial charge in [0, 0.05) is 6.54 Å². The Hall–Kier alpha value is -0.120. The Morgan fingerprint density at radius 2 is 1.68 bits per heavy atom. The fraction of sp³-hybridized carbons (Fsp3) is 1.00. The van der Waals surface area contributed by atoms with Gasteiger partial charge in [0.25, 0.3) is 0 Å². The zero-order valence-corrected chi connectivity index (χ0v) is 12.2. The van der Waals surface area contributed by atoms with E-state index in [4.69, 9.17) is 5.73 Å². The van der Waals surface area contributed by atoms with Crippen LogP contribution < -0.4 is 5.73 Å². The first kappa shape index (κ1) is 13.8. The zero-order chi connectivity index (χ0) is 13.3. The van der Waals surface area contributed by atoms with Crippen molar-refractivity contribution in [3.8, 4) is 0 Å². The molecular formula is C16H30N2O. The third-order valence-electron chi connectivity index (χ3n) is 6.03. The molecule has 3 N–H and O–H groups in total. The molecule has 2 saturated carbocycles. The molecule has 1 atom stereocenters. The van der Waals surface area contributed by atoms with E-state index in [0.29, 0.717) is 11.3 Å². The summed E-state index contributed by atoms with van der Waals surface area (Å²) in [7, 11) is 0. The van der Waals surface area contributed by atoms with Gasteiger partial charge < -0.3 is 15.7 Å². The van der Waals surface area contributed by atoms with Crippen LogP contribution in [-0.4, -0.2) is 41.8 Å². The van der Waals surface area contributed by atoms with E-state index in [0.717, 1.165) is 6.54 Å². The smallest absolute Gasteiger partial charge is 0.0626 e. The van der Waals surface area contributed by atoms with Crippen LogP contribution in [-0.2, 0) is 0 Å². The Morgan fingerprint density at radius 3 is 2.21 bits per heavy atom. The number of hydrogen-bond donors (Lipinski definition) is 2. The molecule has 1 unspecified atom stereocenters. The molecule has 3 aliphatic rings. The van der Waals surface area contributed by atoms with Gasteiger partial charge in [0.05, 0.1) is 12.1 Å². The molecule has 0 radical (unpaired) electrons. The predicted molar refractivity (Wildman–Crippen MR) is 77.9 cm³/mol. The van der Waals surface area contributed by atoms with Gasteiger partial charge in [0.15, 0.2) is 0 Å². The summed E-state index contributed by atoms with van der Waals surface area (Å²) in [5.41, 5.74) is 6.76. The van der Waals surface area contributed by atoms with Gasteiger partial charge in [-0.05, 0) is 62.9 Å². The summed E-state index contributed by atoms with van der Waals surface area (Å²) in [5.74, 6) is 0.572. The molecule has 1 heterocycles. The van der Waals surface area contributed by atoms with Gasteiger partial charge in [0.2, 0.25) is 0 Å². The molecule has 3 rings (SSSR count). The van der Waals surface area contributed by atoms with Gasteiger partial charge in [-0.2, -0.15) is 0 Å². The summed E-state index contributed by atoms with van der Waals surface area (Å²) >= 11 is 0. The quantitative estimate of drug-likeness (QED) is 0.819. The van der Waals surface area contributed by atoms with Crippen molar-refractivity contribution in [2.24, 2.45) is 17.1 Å². The van der Waals surface area contributed by atoms with E-state index in [-0.39, 0.29) is 12.1 Å². The summed E-state index contributed by atoms with van der Waals surface area (Å²) in [6.07, 6.45) is 12.4. The van der Waals surface area contributed by atoms with Crippen LogP contribution in [0.5, 0.6) is 0 Å². The Kier molecular flexibility index (Phi) is 3.89. The van der Waals surface area contributed by atoms with Crippen molar-refractivity contribution in [3.05, 3.63) is 0 Å². The Balaban J connectivity index is 1.52. The molecule has 19 heavy (non-hydrogen) atoms. The van der Waals surface area contributed by atoms with Crippen LogP contribution >= 0.6 is 0 Å². The summed E-state index contributed by atoms with van der Waals surface area (Å²) in [6, 6.07) is 0. The van der Waals surface area contributed by atoms with E-state index < -0.39 is 0 Å². The number of hydrogen-bond acceptors (Lipinski definition) is 3. The minimum Gasteiger partial charge on any atom is -0.394 e. The molecule has 1 saturated heterocycles. The van der Waals surface area contributed by atoms with Crippen LogP contribution in [0.4, 0.5) is 0 Å². The monoisotopic (exact) mass is 266 g/mol. The van der Waals surface area contributed by atoms with Gasteiger partial charge >= 0.3 is 0 Å². The van der Waals surface area contributed by atoms with E-state index >= 15 is 0 Å². The highest BCUT2D eigenvalue weighted by Crippen LogP contribution is 2.45. The maximum atomic E-state index is 9.62. The van der Waals surface area contributed by atoms with Crippen molar-refractivity contribution < 1.29 is 5.11 Å². The van der Waals surface area contributed by atoms with Gasteiger partial charge in [-0.3, -0.25) is 0 Å². The van der Waals surface area contributed by atoms with Gasteiger partial charge in [0.1, 0.15) is 0 Å². The number of piperidine rings is 1. The highest BCUT2D eigenvalue weighted by Gasteiger charge is 2.44. The summed E-state index contributed by atoms with van der Waals surface area (Å²) in [5, 5.41) is 9.62. The second-order valence-corrected chi connectivity index (χ2v) is 7.50. The second kappa shape index (κ2) is 5.34. The lowest BCUT2D eigenvalue weighted by Gasteiger charge is -2.46. The zero-order valence-electron chi connectivity index (χ0n) is 12.2. The number of aliphatic hydroxyl groups is 1. The van der Waals surface area contributed by atoms with Crippen LogP contribution in [0.3, 0.4) is 0 Å². The first-order valence-electron chi connectivity index (χ1n) is 8.28. The number of nitrogens with two attached hydrogens (primary N) is 1. The minimum absolute atomic E-state index is 0.152. The van der Waals surface area contributed by atoms with Crippen molar-refractivity contribution in [2.75, 3.05) is 26.2 Å². The topological polar surface area (TPSA) is 49.5 Å². The molecule has 0 aromatic carbocycles. The molecule has 0 aromatic rings. The van der Waals surface area contributed by atoms with Crippen LogP contribution in [0.25, 0.3) is 0 Å². The largest absolute Gasteiger partial charge is 0.394 e. The summed E-state index contributed by atoms with van der Waals surface area (Å²) < 4.78 is 0. The highest BCUT2D eigenvalue weighted by molar-refractivity contribution is 5.01. The maximum absolute atomic E-state index is 9.62. The number of likely N-dealkylation sites (tertiary alicyclic amines) is 1. The minimum atomic E-state index is -0.322. The van der Waals surface area contributed by atoms with Gasteiger partial charge in [-0.15, -0.1) is 0 Å². The molecule has 1 spiro atoms. The Labute approximate surface area is 117 Å². The molecule has 3 fully saturated rings. The summed E-state index contributed by atoms with van der Waals surface area (Å²) in [6.45, 7) is 3.46. The Bertz CT molecular complexity index is 300. The average Bonchev–Trinajstić information content (AvgIpc) is 3.28. The number of nitrogens with zero attached hydrogens (tertiary/aromatic N) is 1. The summed E-state index contributed by atoms with van der Waals surface area (Å²) in [4.78, 5) is 2.52. The van der Waals surface area contributed by atoms with Crippen molar-refractivity contribution in [1.82, 2.24) is 4.90 Å². The first-order valence-corrected chi connectivity index (χ1v) is 8.28. The average molecular weight is 266 g/mol. The third-order valence-corrected chi connectivity index (χ3v) is 6.03. The Morgan fingerprint density at radius 1 is 1.05 bits per heavy atom. The van der Waals surface area contributed by atoms with Gasteiger partial charge in [-0.1, -0.05) is 19.3 Å². The molecular weight excluding hydrogens is 236 g/mol. The fourth-order valence-electron chi connectivity index (χ4n) is 4.37. The van der Waals surface area contributed by atoms with E-state index in [1.807, 2.05) is 0 Å². The van der Waals surface area contributed by atoms with E-state index in [1.165, 1.54) is 70.9 Å². The number of aliphatic hydroxyl groups excluding tert-OH is 1. The standard InChI is InChI=1S/C16H30N2O/c17-16(13-19,14-4-5-14)12-18-10-8-15(9-11-18)6-2-1-3-7-15/h14,19H,1-13,17H2. The van der Waals surface area contributed by atoms with E-state index in [2.05, 4.69) is 4.90 Å². The molecule has 0 aromatic heterocycles. The third kappa shape index (κ3) is 2.98. The van der Waals surface area contributed by atoms with Crippen molar-refractivity contribution in [1.29, 1.82) is 0 Å². The van der Waals surface area contributed by atoms with E-state index in [1.54, 1.807) is 0 Å². The molecule has 3 heteroatoms. The molecule has 3 nitrogen and oxygen atoms in total. The lowest BCUT2D eigenvalue weighted by Crippen LogP contribution is -2.56. The van der Waals surface area contributed by atoms with Crippen molar-refractivity contribution >= 4 is 0 Å². The highest BCUT2D eigenvalue weighted by atomic mass is 16.3. The molecule has 2 aliphatic carbocycles. The SMILES string of the molecule is NC(CO)(CN1CCC2(CCCCC2)CC1)C1CC1. The van der Waals surface area contributed by atoms with Crippen LogP contribution in [0.15, 0.2) is 0 Å². The fourth-order valence-corrected chi connectivity index (χ4v) is 4.37. The normalized spacial score (nSPS) is 31.3. The molecule has 0 amide bonds. The molecule has 110 valence electrons. The predicted octanol–water partition coefficient (Wildman–Crippen LogP) is 2.13. The maximum Gasteiger partial charge on any atom is 0.0626 e. The van der Waals surface area contributed by atoms with Crippen molar-refractivity contribution in [3.63, 3.8) is 0 Å². The van der Waals surface area contributed by atoms with Gasteiger partial charge in [-0.25, -0.2) is 0 Å². The molecule has 0 bridgehead atoms. The first-order chi connectivity index (χ1) is 9.16. The van der Waals surface area contributed by atoms with E-state index in [9.17, 15) is 5.11 Å².